The van der Waals surface area contributed by atoms with Gasteiger partial charge >= 0.3 is 0 Å². The fourth-order valence-corrected chi connectivity index (χ4v) is 5.80. The van der Waals surface area contributed by atoms with Crippen molar-refractivity contribution in [3.63, 3.8) is 0 Å². The van der Waals surface area contributed by atoms with Crippen molar-refractivity contribution < 1.29 is 60.2 Å². The Morgan fingerprint density at radius 3 is 2.17 bits per heavy atom. The second-order valence-electron chi connectivity index (χ2n) is 11.5. The summed E-state index contributed by atoms with van der Waals surface area (Å²) in [5.41, 5.74) is 23.6. The van der Waals surface area contributed by atoms with Crippen LogP contribution in [0, 0.1) is 5.92 Å². The van der Waals surface area contributed by atoms with Gasteiger partial charge in [-0.3, -0.25) is 0 Å². The second-order valence-corrected chi connectivity index (χ2v) is 11.5. The lowest BCUT2D eigenvalue weighted by molar-refractivity contribution is -0.310. The van der Waals surface area contributed by atoms with Crippen LogP contribution in [0.4, 0.5) is 0 Å². The Kier molecular flexibility index (Phi) is 13.6. The molecule has 2 aliphatic heterocycles. The topological polar surface area (TPSA) is 338 Å². The van der Waals surface area contributed by atoms with Gasteiger partial charge in [-0.2, -0.15) is 0 Å². The smallest absolute Gasteiger partial charge is 0.186 e. The van der Waals surface area contributed by atoms with Gasteiger partial charge in [0.1, 0.15) is 42.7 Å². The third-order valence-electron chi connectivity index (χ3n) is 8.38. The molecule has 17 unspecified atom stereocenters. The summed E-state index contributed by atoms with van der Waals surface area (Å²) in [6.07, 6.45) is -16.4. The van der Waals surface area contributed by atoms with E-state index in [4.69, 9.17) is 42.3 Å². The maximum absolute atomic E-state index is 11.6. The molecule has 248 valence electrons. The number of nitrogens with one attached hydrogen (secondary N) is 2. The molecule has 3 rings (SSSR count). The Labute approximate surface area is 243 Å². The number of hydrogen-bond acceptors (Lipinski definition) is 18. The average Bonchev–Trinajstić information content (AvgIpc) is 2.97. The number of hydrogen-bond donors (Lipinski definition) is 15. The van der Waals surface area contributed by atoms with Crippen molar-refractivity contribution in [1.82, 2.24) is 10.6 Å². The molecule has 0 spiro atoms. The monoisotopic (exact) mass is 614 g/mol. The lowest BCUT2D eigenvalue weighted by Gasteiger charge is -2.52. The highest BCUT2D eigenvalue weighted by Crippen LogP contribution is 2.37. The number of aliphatic hydroxyl groups is 9. The predicted octanol–water partition coefficient (Wildman–Crippen LogP) is -9.12. The number of nitrogens with two attached hydrogens (primary N) is 4. The molecule has 1 saturated carbocycles. The summed E-state index contributed by atoms with van der Waals surface area (Å²) < 4.78 is 17.5. The summed E-state index contributed by atoms with van der Waals surface area (Å²) in [7, 11) is 0. The molecular formula is C24H50N6O12. The van der Waals surface area contributed by atoms with Crippen LogP contribution in [0.1, 0.15) is 6.42 Å². The summed E-state index contributed by atoms with van der Waals surface area (Å²) >= 11 is 0. The van der Waals surface area contributed by atoms with Crippen molar-refractivity contribution >= 4 is 0 Å². The van der Waals surface area contributed by atoms with Crippen molar-refractivity contribution in [2.45, 2.75) is 104 Å². The van der Waals surface area contributed by atoms with Crippen LogP contribution in [0.25, 0.3) is 0 Å². The number of ether oxygens (including phenoxy) is 3. The van der Waals surface area contributed by atoms with Crippen molar-refractivity contribution in [3.8, 4) is 0 Å². The molecule has 0 amide bonds. The summed E-state index contributed by atoms with van der Waals surface area (Å²) in [4.78, 5) is 0. The van der Waals surface area contributed by atoms with Gasteiger partial charge in [0.25, 0.3) is 0 Å². The molecule has 1 aliphatic carbocycles. The van der Waals surface area contributed by atoms with E-state index in [1.165, 1.54) is 0 Å². The van der Waals surface area contributed by atoms with Crippen LogP contribution in [0.3, 0.4) is 0 Å². The van der Waals surface area contributed by atoms with Gasteiger partial charge in [-0.25, -0.2) is 0 Å². The summed E-state index contributed by atoms with van der Waals surface area (Å²) in [6.45, 7) is -0.819. The first-order valence-corrected chi connectivity index (χ1v) is 14.2. The molecule has 0 aromatic heterocycles. The Hall–Kier alpha value is -0.720. The quantitative estimate of drug-likeness (QED) is 0.0915. The van der Waals surface area contributed by atoms with E-state index in [2.05, 4.69) is 10.6 Å². The molecule has 18 nitrogen and oxygen atoms in total. The van der Waals surface area contributed by atoms with Crippen molar-refractivity contribution in [2.24, 2.45) is 28.9 Å². The van der Waals surface area contributed by atoms with Crippen LogP contribution in [0.2, 0.25) is 0 Å². The lowest BCUT2D eigenvalue weighted by atomic mass is 9.72. The van der Waals surface area contributed by atoms with E-state index in [9.17, 15) is 40.9 Å². The third kappa shape index (κ3) is 8.10. The highest BCUT2D eigenvalue weighted by atomic mass is 16.7. The van der Waals surface area contributed by atoms with Gasteiger partial charge in [0.15, 0.2) is 6.29 Å². The molecule has 0 aromatic carbocycles. The Morgan fingerprint density at radius 1 is 0.857 bits per heavy atom. The van der Waals surface area contributed by atoms with Crippen LogP contribution >= 0.6 is 0 Å². The molecule has 19 N–H and O–H groups in total. The van der Waals surface area contributed by atoms with Crippen LogP contribution in [0.15, 0.2) is 0 Å². The van der Waals surface area contributed by atoms with E-state index in [0.29, 0.717) is 0 Å². The molecule has 17 atom stereocenters. The Balaban J connectivity index is 1.84. The normalized spacial score (nSPS) is 46.4. The van der Waals surface area contributed by atoms with Gasteiger partial charge in [0, 0.05) is 50.2 Å². The minimum Gasteiger partial charge on any atom is -0.395 e. The van der Waals surface area contributed by atoms with Gasteiger partial charge < -0.3 is 93.7 Å². The second kappa shape index (κ2) is 16.0. The van der Waals surface area contributed by atoms with E-state index in [0.717, 1.165) is 0 Å². The van der Waals surface area contributed by atoms with Crippen molar-refractivity contribution in [3.05, 3.63) is 0 Å². The Bertz CT molecular complexity index is 809. The van der Waals surface area contributed by atoms with E-state index in [-0.39, 0.29) is 39.2 Å². The molecule has 2 heterocycles. The van der Waals surface area contributed by atoms with Crippen molar-refractivity contribution in [2.75, 3.05) is 39.4 Å². The average molecular weight is 615 g/mol. The zero-order valence-electron chi connectivity index (χ0n) is 23.3. The van der Waals surface area contributed by atoms with Crippen LogP contribution in [-0.4, -0.2) is 183 Å². The molecule has 2 saturated heterocycles. The first kappa shape index (κ1) is 35.8. The zero-order chi connectivity index (χ0) is 31.3. The van der Waals surface area contributed by atoms with Crippen molar-refractivity contribution in [1.29, 1.82) is 0 Å². The minimum atomic E-state index is -1.66. The van der Waals surface area contributed by atoms with E-state index < -0.39 is 110 Å². The van der Waals surface area contributed by atoms with Gasteiger partial charge in [-0.1, -0.05) is 0 Å². The highest BCUT2D eigenvalue weighted by molar-refractivity contribution is 5.07. The van der Waals surface area contributed by atoms with Gasteiger partial charge in [-0.05, 0) is 6.42 Å². The maximum Gasteiger partial charge on any atom is 0.186 e. The van der Waals surface area contributed by atoms with Crippen LogP contribution in [-0.2, 0) is 14.2 Å². The van der Waals surface area contributed by atoms with E-state index in [1.54, 1.807) is 0 Å². The Morgan fingerprint density at radius 2 is 1.55 bits per heavy atom. The SMILES string of the molecule is NCC(O)CNC1CC(N)C(C2OC(CNCC(N)CO)C(O)C(O)C2O)C(O)C1OC1OC(CO)C(O)C(N)C1O. The number of rotatable bonds is 13. The molecule has 0 bridgehead atoms. The molecule has 3 aliphatic rings. The third-order valence-corrected chi connectivity index (χ3v) is 8.38. The van der Waals surface area contributed by atoms with Crippen LogP contribution < -0.4 is 33.6 Å². The standard InChI is InChI=1S/C24H50N6O12/c25-2-9(33)4-30-11-1-10(27)14(18(36)22(11)42-24-19(37)15(28)16(34)13(7-32)41-24)23-21(39)20(38)17(35)12(40-23)5-29-3-8(26)6-31/h8-24,29-39H,1-7,25-28H2. The molecule has 18 heteroatoms. The molecule has 42 heavy (non-hydrogen) atoms. The van der Waals surface area contributed by atoms with E-state index >= 15 is 0 Å². The highest BCUT2D eigenvalue weighted by Gasteiger charge is 2.55. The zero-order valence-corrected chi connectivity index (χ0v) is 23.3. The van der Waals surface area contributed by atoms with Gasteiger partial charge in [0.05, 0.1) is 43.7 Å². The summed E-state index contributed by atoms with van der Waals surface area (Å²) in [6, 6.07) is -3.45. The fourth-order valence-electron chi connectivity index (χ4n) is 5.80. The summed E-state index contributed by atoms with van der Waals surface area (Å²) in [5.74, 6) is -1.08. The summed E-state index contributed by atoms with van der Waals surface area (Å²) in [5, 5.41) is 99.3. The molecule has 3 fully saturated rings. The predicted molar refractivity (Wildman–Crippen MR) is 144 cm³/mol. The van der Waals surface area contributed by atoms with Gasteiger partial charge in [-0.15, -0.1) is 0 Å². The molecular weight excluding hydrogens is 564 g/mol. The molecule has 0 radical (unpaired) electrons. The fraction of sp³-hybridized carbons (Fsp3) is 1.00. The minimum absolute atomic E-state index is 0.00607. The first-order chi connectivity index (χ1) is 19.9. The maximum atomic E-state index is 11.6. The first-order valence-electron chi connectivity index (χ1n) is 14.2. The number of aliphatic hydroxyl groups excluding tert-OH is 9. The largest absolute Gasteiger partial charge is 0.395 e. The van der Waals surface area contributed by atoms with Gasteiger partial charge in [0.2, 0.25) is 0 Å². The van der Waals surface area contributed by atoms with Crippen LogP contribution in [0.5, 0.6) is 0 Å². The lowest BCUT2D eigenvalue weighted by Crippen LogP contribution is -2.70. The van der Waals surface area contributed by atoms with E-state index in [1.807, 2.05) is 0 Å². The molecule has 0 aromatic rings.